The van der Waals surface area contributed by atoms with E-state index in [4.69, 9.17) is 4.74 Å². The average Bonchev–Trinajstić information content (AvgIpc) is 2.95. The number of hydrogen-bond acceptors (Lipinski definition) is 2. The Labute approximate surface area is 118 Å². The van der Waals surface area contributed by atoms with E-state index in [1.165, 1.54) is 12.1 Å². The van der Waals surface area contributed by atoms with Crippen LogP contribution >= 0.6 is 0 Å². The predicted octanol–water partition coefficient (Wildman–Crippen LogP) is 2.77. The predicted molar refractivity (Wildman–Crippen MR) is 76.6 cm³/mol. The van der Waals surface area contributed by atoms with E-state index in [1.54, 1.807) is 25.1 Å². The summed E-state index contributed by atoms with van der Waals surface area (Å²) in [5, 5.41) is 2.99. The highest BCUT2D eigenvalue weighted by Crippen LogP contribution is 2.17. The number of ether oxygens (including phenoxy) is 1. The van der Waals surface area contributed by atoms with Gasteiger partial charge in [-0.1, -0.05) is 12.1 Å². The fraction of sp³-hybridized carbons (Fsp3) is 0.438. The number of benzene rings is 1. The Kier molecular flexibility index (Phi) is 4.90. The number of carbonyl (C=O) groups is 1. The van der Waals surface area contributed by atoms with Gasteiger partial charge in [0.1, 0.15) is 5.82 Å². The van der Waals surface area contributed by atoms with E-state index in [-0.39, 0.29) is 17.8 Å². The third-order valence-corrected chi connectivity index (χ3v) is 3.64. The molecule has 2 unspecified atom stereocenters. The SMILES string of the molecule is C/C(=C\c1ccc(F)cc1)C(=O)NC(C)C1CCOC1. The molecule has 1 amide bonds. The fourth-order valence-electron chi connectivity index (χ4n) is 2.26. The summed E-state index contributed by atoms with van der Waals surface area (Å²) in [5.74, 6) is 0.0189. The van der Waals surface area contributed by atoms with Gasteiger partial charge in [0.15, 0.2) is 0 Å². The fourth-order valence-corrected chi connectivity index (χ4v) is 2.26. The lowest BCUT2D eigenvalue weighted by molar-refractivity contribution is -0.118. The number of nitrogens with one attached hydrogen (secondary N) is 1. The minimum atomic E-state index is -0.279. The highest BCUT2D eigenvalue weighted by Gasteiger charge is 2.23. The summed E-state index contributed by atoms with van der Waals surface area (Å²) >= 11 is 0. The highest BCUT2D eigenvalue weighted by molar-refractivity contribution is 5.97. The van der Waals surface area contributed by atoms with Gasteiger partial charge in [-0.3, -0.25) is 4.79 Å². The maximum atomic E-state index is 12.8. The van der Waals surface area contributed by atoms with Gasteiger partial charge in [0.2, 0.25) is 5.91 Å². The Balaban J connectivity index is 1.95. The molecule has 0 bridgehead atoms. The van der Waals surface area contributed by atoms with E-state index in [2.05, 4.69) is 5.32 Å². The zero-order valence-electron chi connectivity index (χ0n) is 11.9. The number of halogens is 1. The molecule has 0 radical (unpaired) electrons. The van der Waals surface area contributed by atoms with E-state index >= 15 is 0 Å². The monoisotopic (exact) mass is 277 g/mol. The molecule has 3 nitrogen and oxygen atoms in total. The van der Waals surface area contributed by atoms with Crippen molar-refractivity contribution in [2.45, 2.75) is 26.3 Å². The number of rotatable bonds is 4. The topological polar surface area (TPSA) is 38.3 Å². The van der Waals surface area contributed by atoms with E-state index in [0.29, 0.717) is 18.1 Å². The molecule has 1 N–H and O–H groups in total. The summed E-state index contributed by atoms with van der Waals surface area (Å²) in [6.07, 6.45) is 2.74. The van der Waals surface area contributed by atoms with Crippen molar-refractivity contribution in [3.63, 3.8) is 0 Å². The molecule has 2 atom stereocenters. The van der Waals surface area contributed by atoms with Crippen molar-refractivity contribution in [2.24, 2.45) is 5.92 Å². The first-order valence-corrected chi connectivity index (χ1v) is 6.89. The summed E-state index contributed by atoms with van der Waals surface area (Å²) in [6, 6.07) is 6.17. The molecule has 1 aliphatic heterocycles. The zero-order chi connectivity index (χ0) is 14.5. The van der Waals surface area contributed by atoms with Crippen LogP contribution in [0.4, 0.5) is 4.39 Å². The van der Waals surface area contributed by atoms with Crippen LogP contribution in [0.1, 0.15) is 25.8 Å². The van der Waals surface area contributed by atoms with Gasteiger partial charge in [-0.2, -0.15) is 0 Å². The van der Waals surface area contributed by atoms with Gasteiger partial charge in [-0.15, -0.1) is 0 Å². The summed E-state index contributed by atoms with van der Waals surface area (Å²) in [6.45, 7) is 5.25. The van der Waals surface area contributed by atoms with Crippen molar-refractivity contribution in [2.75, 3.05) is 13.2 Å². The third kappa shape index (κ3) is 3.90. The number of hydrogen-bond donors (Lipinski definition) is 1. The second kappa shape index (κ2) is 6.66. The number of carbonyl (C=O) groups excluding carboxylic acids is 1. The second-order valence-corrected chi connectivity index (χ2v) is 5.26. The molecular formula is C16H20FNO2. The smallest absolute Gasteiger partial charge is 0.247 e. The van der Waals surface area contributed by atoms with E-state index in [9.17, 15) is 9.18 Å². The molecule has 1 aliphatic rings. The number of amides is 1. The summed E-state index contributed by atoms with van der Waals surface area (Å²) < 4.78 is 18.1. The lowest BCUT2D eigenvalue weighted by atomic mass is 10.0. The second-order valence-electron chi connectivity index (χ2n) is 5.26. The summed E-state index contributed by atoms with van der Waals surface area (Å²) in [7, 11) is 0. The van der Waals surface area contributed by atoms with Crippen LogP contribution in [0.25, 0.3) is 6.08 Å². The maximum absolute atomic E-state index is 12.8. The Morgan fingerprint density at radius 1 is 1.45 bits per heavy atom. The first-order chi connectivity index (χ1) is 9.56. The Morgan fingerprint density at radius 2 is 2.15 bits per heavy atom. The van der Waals surface area contributed by atoms with E-state index in [0.717, 1.165) is 18.6 Å². The molecule has 20 heavy (non-hydrogen) atoms. The summed E-state index contributed by atoms with van der Waals surface area (Å²) in [4.78, 5) is 12.1. The van der Waals surface area contributed by atoms with Crippen molar-refractivity contribution >= 4 is 12.0 Å². The summed E-state index contributed by atoms with van der Waals surface area (Å²) in [5.41, 5.74) is 1.43. The molecule has 2 rings (SSSR count). The average molecular weight is 277 g/mol. The van der Waals surface area contributed by atoms with Crippen LogP contribution in [0.3, 0.4) is 0 Å². The van der Waals surface area contributed by atoms with Crippen molar-refractivity contribution in [3.8, 4) is 0 Å². The molecule has 1 saturated heterocycles. The van der Waals surface area contributed by atoms with Crippen molar-refractivity contribution in [1.82, 2.24) is 5.32 Å². The van der Waals surface area contributed by atoms with Gasteiger partial charge < -0.3 is 10.1 Å². The van der Waals surface area contributed by atoms with Gasteiger partial charge in [0.25, 0.3) is 0 Å². The van der Waals surface area contributed by atoms with Gasteiger partial charge in [0.05, 0.1) is 6.61 Å². The van der Waals surface area contributed by atoms with Crippen LogP contribution in [0.15, 0.2) is 29.8 Å². The largest absolute Gasteiger partial charge is 0.381 e. The molecule has 108 valence electrons. The van der Waals surface area contributed by atoms with Gasteiger partial charge >= 0.3 is 0 Å². The first kappa shape index (κ1) is 14.7. The van der Waals surface area contributed by atoms with Gasteiger partial charge in [0, 0.05) is 24.1 Å². The molecule has 0 aromatic heterocycles. The zero-order valence-corrected chi connectivity index (χ0v) is 11.9. The minimum absolute atomic E-state index is 0.0891. The van der Waals surface area contributed by atoms with Crippen molar-refractivity contribution in [3.05, 3.63) is 41.2 Å². The minimum Gasteiger partial charge on any atom is -0.381 e. The molecule has 0 spiro atoms. The van der Waals surface area contributed by atoms with Crippen molar-refractivity contribution in [1.29, 1.82) is 0 Å². The third-order valence-electron chi connectivity index (χ3n) is 3.64. The molecule has 1 fully saturated rings. The highest BCUT2D eigenvalue weighted by atomic mass is 19.1. The van der Waals surface area contributed by atoms with E-state index < -0.39 is 0 Å². The van der Waals surface area contributed by atoms with Crippen LogP contribution in [0.5, 0.6) is 0 Å². The van der Waals surface area contributed by atoms with Crippen LogP contribution in [-0.2, 0) is 9.53 Å². The maximum Gasteiger partial charge on any atom is 0.247 e. The Hall–Kier alpha value is -1.68. The van der Waals surface area contributed by atoms with Crippen LogP contribution in [0, 0.1) is 11.7 Å². The van der Waals surface area contributed by atoms with E-state index in [1.807, 2.05) is 6.92 Å². The molecule has 0 aliphatic carbocycles. The normalized spacial score (nSPS) is 20.8. The standard InChI is InChI=1S/C16H20FNO2/c1-11(9-13-3-5-15(17)6-4-13)16(19)18-12(2)14-7-8-20-10-14/h3-6,9,12,14H,7-8,10H2,1-2H3,(H,18,19)/b11-9+. The lowest BCUT2D eigenvalue weighted by Crippen LogP contribution is -2.38. The lowest BCUT2D eigenvalue weighted by Gasteiger charge is -2.19. The molecule has 0 saturated carbocycles. The quantitative estimate of drug-likeness (QED) is 0.859. The van der Waals surface area contributed by atoms with Gasteiger partial charge in [-0.05, 0) is 44.0 Å². The molecule has 1 aromatic rings. The molecule has 1 aromatic carbocycles. The molecule has 1 heterocycles. The Morgan fingerprint density at radius 3 is 2.75 bits per heavy atom. The van der Waals surface area contributed by atoms with Crippen LogP contribution in [0.2, 0.25) is 0 Å². The van der Waals surface area contributed by atoms with Gasteiger partial charge in [-0.25, -0.2) is 4.39 Å². The van der Waals surface area contributed by atoms with Crippen molar-refractivity contribution < 1.29 is 13.9 Å². The Bertz CT molecular complexity index is 490. The molecule has 4 heteroatoms. The first-order valence-electron chi connectivity index (χ1n) is 6.89. The van der Waals surface area contributed by atoms with Crippen LogP contribution < -0.4 is 5.32 Å². The van der Waals surface area contributed by atoms with Crippen LogP contribution in [-0.4, -0.2) is 25.2 Å². The molecular weight excluding hydrogens is 257 g/mol.